The van der Waals surface area contributed by atoms with Gasteiger partial charge in [-0.15, -0.1) is 0 Å². The lowest BCUT2D eigenvalue weighted by Gasteiger charge is -2.23. The van der Waals surface area contributed by atoms with Gasteiger partial charge in [-0.2, -0.15) is 0 Å². The van der Waals surface area contributed by atoms with Crippen molar-refractivity contribution in [1.82, 2.24) is 5.32 Å². The molecular formula is C31H63N2O6P. The van der Waals surface area contributed by atoms with E-state index in [4.69, 9.17) is 14.8 Å². The van der Waals surface area contributed by atoms with Gasteiger partial charge in [-0.25, -0.2) is 4.57 Å². The van der Waals surface area contributed by atoms with E-state index in [9.17, 15) is 19.4 Å². The highest BCUT2D eigenvalue weighted by Gasteiger charge is 2.26. The Morgan fingerprint density at radius 1 is 0.800 bits per heavy atom. The molecule has 3 atom stereocenters. The molecule has 0 aromatic heterocycles. The molecule has 5 N–H and O–H groups in total. The van der Waals surface area contributed by atoms with Crippen molar-refractivity contribution in [3.63, 3.8) is 0 Å². The highest BCUT2D eigenvalue weighted by Crippen LogP contribution is 2.43. The van der Waals surface area contributed by atoms with Crippen molar-refractivity contribution in [1.29, 1.82) is 0 Å². The summed E-state index contributed by atoms with van der Waals surface area (Å²) < 4.78 is 21.9. The fourth-order valence-electron chi connectivity index (χ4n) is 4.60. The number of phosphoric ester groups is 1. The lowest BCUT2D eigenvalue weighted by Crippen LogP contribution is -2.45. The Morgan fingerprint density at radius 3 is 1.77 bits per heavy atom. The SMILES string of the molecule is CCCCCCCCCCC/C=C/C(O)C(COP(=O)(O)OCCN)NC(=O)CCCCCCCCCCCC. The van der Waals surface area contributed by atoms with E-state index in [1.165, 1.54) is 89.9 Å². The summed E-state index contributed by atoms with van der Waals surface area (Å²) in [7, 11) is -4.32. The van der Waals surface area contributed by atoms with Gasteiger partial charge >= 0.3 is 7.82 Å². The maximum Gasteiger partial charge on any atom is 0.472 e. The minimum atomic E-state index is -4.32. The van der Waals surface area contributed by atoms with Crippen LogP contribution in [0.25, 0.3) is 0 Å². The van der Waals surface area contributed by atoms with Crippen molar-refractivity contribution in [2.24, 2.45) is 5.73 Å². The summed E-state index contributed by atoms with van der Waals surface area (Å²) in [5, 5.41) is 13.5. The van der Waals surface area contributed by atoms with E-state index in [0.717, 1.165) is 38.5 Å². The summed E-state index contributed by atoms with van der Waals surface area (Å²) in [6, 6.07) is -0.850. The Morgan fingerprint density at radius 2 is 1.27 bits per heavy atom. The number of phosphoric acid groups is 1. The molecule has 0 heterocycles. The third-order valence-electron chi connectivity index (χ3n) is 7.11. The zero-order valence-corrected chi connectivity index (χ0v) is 26.7. The van der Waals surface area contributed by atoms with Crippen LogP contribution in [-0.2, 0) is 18.4 Å². The molecule has 0 rings (SSSR count). The zero-order chi connectivity index (χ0) is 29.7. The Bertz CT molecular complexity index is 649. The Balaban J connectivity index is 4.43. The molecule has 0 radical (unpaired) electrons. The van der Waals surface area contributed by atoms with Gasteiger partial charge in [0.1, 0.15) is 0 Å². The number of nitrogens with one attached hydrogen (secondary N) is 1. The van der Waals surface area contributed by atoms with Crippen LogP contribution in [0.1, 0.15) is 149 Å². The first kappa shape index (κ1) is 39.2. The second kappa shape index (κ2) is 28.4. The number of nitrogens with two attached hydrogens (primary N) is 1. The number of aliphatic hydroxyl groups is 1. The van der Waals surface area contributed by atoms with Crippen LogP contribution in [0.15, 0.2) is 12.2 Å². The quantitative estimate of drug-likeness (QED) is 0.0383. The van der Waals surface area contributed by atoms with E-state index >= 15 is 0 Å². The first-order valence-electron chi connectivity index (χ1n) is 16.3. The fraction of sp³-hybridized carbons (Fsp3) is 0.903. The van der Waals surface area contributed by atoms with E-state index in [2.05, 4.69) is 19.2 Å². The fourth-order valence-corrected chi connectivity index (χ4v) is 5.36. The van der Waals surface area contributed by atoms with Gasteiger partial charge in [-0.05, 0) is 19.3 Å². The number of carbonyl (C=O) groups excluding carboxylic acids is 1. The third kappa shape index (κ3) is 26.2. The molecule has 0 aromatic carbocycles. The van der Waals surface area contributed by atoms with Gasteiger partial charge in [0.15, 0.2) is 0 Å². The first-order chi connectivity index (χ1) is 19.4. The highest BCUT2D eigenvalue weighted by molar-refractivity contribution is 7.47. The maximum absolute atomic E-state index is 12.6. The summed E-state index contributed by atoms with van der Waals surface area (Å²) >= 11 is 0. The molecule has 0 spiro atoms. The predicted molar refractivity (Wildman–Crippen MR) is 166 cm³/mol. The minimum absolute atomic E-state index is 0.0805. The molecule has 0 bridgehead atoms. The number of hydrogen-bond acceptors (Lipinski definition) is 6. The van der Waals surface area contributed by atoms with E-state index in [1.54, 1.807) is 6.08 Å². The Hall–Kier alpha value is -0.760. The molecule has 238 valence electrons. The third-order valence-corrected chi connectivity index (χ3v) is 8.10. The predicted octanol–water partition coefficient (Wildman–Crippen LogP) is 7.71. The number of rotatable bonds is 30. The summed E-state index contributed by atoms with van der Waals surface area (Å²) in [6.07, 6.45) is 26.8. The van der Waals surface area contributed by atoms with Gasteiger partial charge in [0.25, 0.3) is 0 Å². The number of carbonyl (C=O) groups is 1. The summed E-state index contributed by atoms with van der Waals surface area (Å²) in [5.74, 6) is -0.199. The molecular weight excluding hydrogens is 527 g/mol. The van der Waals surface area contributed by atoms with Crippen LogP contribution in [0.2, 0.25) is 0 Å². The molecule has 0 aliphatic rings. The number of amides is 1. The summed E-state index contributed by atoms with van der Waals surface area (Å²) in [4.78, 5) is 22.4. The maximum atomic E-state index is 12.6. The van der Waals surface area contributed by atoms with Gasteiger partial charge in [-0.1, -0.05) is 135 Å². The monoisotopic (exact) mass is 590 g/mol. The van der Waals surface area contributed by atoms with E-state index in [0.29, 0.717) is 6.42 Å². The van der Waals surface area contributed by atoms with E-state index < -0.39 is 20.0 Å². The van der Waals surface area contributed by atoms with Crippen molar-refractivity contribution in [3.05, 3.63) is 12.2 Å². The molecule has 8 nitrogen and oxygen atoms in total. The number of unbranched alkanes of at least 4 members (excludes halogenated alkanes) is 18. The van der Waals surface area contributed by atoms with Crippen LogP contribution in [-0.4, -0.2) is 47.8 Å². The molecule has 0 aromatic rings. The second-order valence-electron chi connectivity index (χ2n) is 11.0. The molecule has 0 aliphatic heterocycles. The Labute approximate surface area is 245 Å². The van der Waals surface area contributed by atoms with E-state index in [-0.39, 0.29) is 25.7 Å². The standard InChI is InChI=1S/C31H63N2O6P/c1-3-5-7-9-11-13-15-16-18-20-22-24-30(34)29(28-39-40(36,37)38-27-26-32)33-31(35)25-23-21-19-17-14-12-10-8-6-4-2/h22,24,29-30,34H,3-21,23,25-28,32H2,1-2H3,(H,33,35)(H,36,37)/b24-22+. The highest BCUT2D eigenvalue weighted by atomic mass is 31.2. The Kier molecular flexibility index (Phi) is 27.8. The molecule has 40 heavy (non-hydrogen) atoms. The van der Waals surface area contributed by atoms with Crippen LogP contribution in [0.5, 0.6) is 0 Å². The first-order valence-corrected chi connectivity index (χ1v) is 17.8. The summed E-state index contributed by atoms with van der Waals surface area (Å²) in [6.45, 7) is 4.08. The number of aliphatic hydroxyl groups excluding tert-OH is 1. The van der Waals surface area contributed by atoms with Crippen molar-refractivity contribution < 1.29 is 28.4 Å². The van der Waals surface area contributed by atoms with Crippen molar-refractivity contribution >= 4 is 13.7 Å². The van der Waals surface area contributed by atoms with Gasteiger partial charge in [0.2, 0.25) is 5.91 Å². The lowest BCUT2D eigenvalue weighted by molar-refractivity contribution is -0.123. The van der Waals surface area contributed by atoms with Crippen LogP contribution in [0.4, 0.5) is 0 Å². The molecule has 0 aliphatic carbocycles. The number of hydrogen-bond donors (Lipinski definition) is 4. The number of allylic oxidation sites excluding steroid dienone is 1. The summed E-state index contributed by atoms with van der Waals surface area (Å²) in [5.41, 5.74) is 5.33. The van der Waals surface area contributed by atoms with Crippen LogP contribution >= 0.6 is 7.82 Å². The zero-order valence-electron chi connectivity index (χ0n) is 25.8. The largest absolute Gasteiger partial charge is 0.472 e. The molecule has 3 unspecified atom stereocenters. The topological polar surface area (TPSA) is 131 Å². The van der Waals surface area contributed by atoms with Crippen molar-refractivity contribution in [2.75, 3.05) is 19.8 Å². The van der Waals surface area contributed by atoms with Gasteiger partial charge in [0.05, 0.1) is 25.4 Å². The van der Waals surface area contributed by atoms with Crippen molar-refractivity contribution in [2.45, 2.75) is 161 Å². The average molecular weight is 591 g/mol. The normalized spacial score (nSPS) is 14.8. The van der Waals surface area contributed by atoms with Crippen LogP contribution < -0.4 is 11.1 Å². The molecule has 1 amide bonds. The van der Waals surface area contributed by atoms with E-state index in [1.807, 2.05) is 6.08 Å². The van der Waals surface area contributed by atoms with Crippen molar-refractivity contribution in [3.8, 4) is 0 Å². The molecule has 0 saturated carbocycles. The minimum Gasteiger partial charge on any atom is -0.387 e. The van der Waals surface area contributed by atoms with Crippen LogP contribution in [0, 0.1) is 0 Å². The average Bonchev–Trinajstić information content (AvgIpc) is 2.93. The van der Waals surface area contributed by atoms with Gasteiger partial charge in [0, 0.05) is 13.0 Å². The second-order valence-corrected chi connectivity index (χ2v) is 12.5. The van der Waals surface area contributed by atoms with Gasteiger partial charge < -0.3 is 21.1 Å². The van der Waals surface area contributed by atoms with Crippen LogP contribution in [0.3, 0.4) is 0 Å². The molecule has 0 saturated heterocycles. The smallest absolute Gasteiger partial charge is 0.387 e. The van der Waals surface area contributed by atoms with Gasteiger partial charge in [-0.3, -0.25) is 13.8 Å². The molecule has 9 heteroatoms. The lowest BCUT2D eigenvalue weighted by atomic mass is 10.1. The molecule has 0 fully saturated rings.